The minimum Gasteiger partial charge on any atom is -0.465 e. The van der Waals surface area contributed by atoms with Crippen molar-refractivity contribution in [3.63, 3.8) is 0 Å². The minimum absolute atomic E-state index is 0.201. The maximum Gasteiger partial charge on any atom is 0.315 e. The van der Waals surface area contributed by atoms with E-state index in [1.54, 1.807) is 18.2 Å². The lowest BCUT2D eigenvalue weighted by Crippen LogP contribution is -2.36. The number of benzene rings is 1. The van der Waals surface area contributed by atoms with Gasteiger partial charge in [-0.15, -0.1) is 0 Å². The average Bonchev–Trinajstić information content (AvgIpc) is 2.62. The Morgan fingerprint density at radius 3 is 2.44 bits per heavy atom. The van der Waals surface area contributed by atoms with Crippen LogP contribution in [0.2, 0.25) is 10.0 Å². The number of hydrogen-bond donors (Lipinski definition) is 0. The van der Waals surface area contributed by atoms with Crippen LogP contribution in [0, 0.1) is 11.8 Å². The Morgan fingerprint density at radius 2 is 1.76 bits per heavy atom. The summed E-state index contributed by atoms with van der Waals surface area (Å²) >= 11 is 12.0. The molecule has 0 saturated heterocycles. The third kappa shape index (κ3) is 5.61. The van der Waals surface area contributed by atoms with E-state index in [0.29, 0.717) is 24.5 Å². The van der Waals surface area contributed by atoms with Crippen molar-refractivity contribution >= 4 is 35.1 Å². The van der Waals surface area contributed by atoms with Crippen LogP contribution in [0.25, 0.3) is 0 Å². The van der Waals surface area contributed by atoms with E-state index in [4.69, 9.17) is 32.7 Å². The summed E-state index contributed by atoms with van der Waals surface area (Å²) in [6.07, 6.45) is 6.01. The Bertz CT molecular complexity index is 603. The van der Waals surface area contributed by atoms with Gasteiger partial charge in [0, 0.05) is 0 Å². The molecule has 1 aromatic rings. The summed E-state index contributed by atoms with van der Waals surface area (Å²) in [6.45, 7) is 2.50. The van der Waals surface area contributed by atoms with E-state index in [2.05, 4.69) is 6.92 Å². The lowest BCUT2D eigenvalue weighted by molar-refractivity contribution is -0.158. The number of rotatable bonds is 7. The smallest absolute Gasteiger partial charge is 0.315 e. The van der Waals surface area contributed by atoms with E-state index in [1.807, 2.05) is 0 Å². The van der Waals surface area contributed by atoms with Crippen LogP contribution in [0.15, 0.2) is 18.2 Å². The van der Waals surface area contributed by atoms with Crippen LogP contribution in [-0.4, -0.2) is 18.5 Å². The van der Waals surface area contributed by atoms with E-state index < -0.39 is 17.8 Å². The normalized spacial score (nSPS) is 20.1. The highest BCUT2D eigenvalue weighted by Crippen LogP contribution is 2.35. The zero-order valence-electron chi connectivity index (χ0n) is 14.4. The first kappa shape index (κ1) is 20.1. The molecule has 25 heavy (non-hydrogen) atoms. The molecule has 0 heterocycles. The molecule has 0 spiro atoms. The monoisotopic (exact) mass is 386 g/mol. The van der Waals surface area contributed by atoms with Crippen LogP contribution in [-0.2, 0) is 14.3 Å². The molecule has 1 aliphatic rings. The summed E-state index contributed by atoms with van der Waals surface area (Å²) in [4.78, 5) is 25.0. The largest absolute Gasteiger partial charge is 0.465 e. The Hall–Kier alpha value is -1.26. The van der Waals surface area contributed by atoms with Crippen LogP contribution in [0.1, 0.15) is 51.9 Å². The summed E-state index contributed by atoms with van der Waals surface area (Å²) in [5.74, 6) is -1.46. The Labute approximate surface area is 158 Å². The van der Waals surface area contributed by atoms with Gasteiger partial charge in [0.2, 0.25) is 0 Å². The molecule has 2 rings (SSSR count). The number of ether oxygens (including phenoxy) is 2. The van der Waals surface area contributed by atoms with E-state index in [1.165, 1.54) is 0 Å². The SMILES string of the molecule is CCCCCOC(=O)C1CCCCC1C(=O)Oc1cccc(Cl)c1Cl. The molecular formula is C19H24Cl2O4. The molecule has 0 radical (unpaired) electrons. The molecule has 0 aromatic heterocycles. The van der Waals surface area contributed by atoms with Crippen molar-refractivity contribution in [2.24, 2.45) is 11.8 Å². The molecule has 0 bridgehead atoms. The first-order valence-corrected chi connectivity index (χ1v) is 9.62. The van der Waals surface area contributed by atoms with Crippen LogP contribution in [0.5, 0.6) is 5.75 Å². The van der Waals surface area contributed by atoms with Gasteiger partial charge in [-0.05, 0) is 31.4 Å². The molecule has 0 N–H and O–H groups in total. The number of unbranched alkanes of at least 4 members (excludes halogenated alkanes) is 2. The van der Waals surface area contributed by atoms with E-state index >= 15 is 0 Å². The lowest BCUT2D eigenvalue weighted by atomic mass is 9.79. The Kier molecular flexibility index (Phi) is 8.04. The third-order valence-corrected chi connectivity index (χ3v) is 5.29. The molecule has 0 aliphatic heterocycles. The van der Waals surface area contributed by atoms with Gasteiger partial charge >= 0.3 is 11.9 Å². The molecule has 0 amide bonds. The molecular weight excluding hydrogens is 363 g/mol. The molecule has 2 atom stereocenters. The van der Waals surface area contributed by atoms with Gasteiger partial charge in [-0.2, -0.15) is 0 Å². The molecule has 4 nitrogen and oxygen atoms in total. The Balaban J connectivity index is 2.00. The van der Waals surface area contributed by atoms with Gasteiger partial charge in [0.25, 0.3) is 0 Å². The van der Waals surface area contributed by atoms with Crippen LogP contribution in [0.4, 0.5) is 0 Å². The predicted octanol–water partition coefficient (Wildman–Crippen LogP) is 5.44. The fourth-order valence-corrected chi connectivity index (χ4v) is 3.40. The fraction of sp³-hybridized carbons (Fsp3) is 0.579. The summed E-state index contributed by atoms with van der Waals surface area (Å²) < 4.78 is 10.8. The van der Waals surface area contributed by atoms with E-state index in [9.17, 15) is 9.59 Å². The molecule has 138 valence electrons. The van der Waals surface area contributed by atoms with Crippen molar-refractivity contribution in [2.75, 3.05) is 6.61 Å². The maximum atomic E-state index is 12.6. The van der Waals surface area contributed by atoms with Crippen molar-refractivity contribution in [1.82, 2.24) is 0 Å². The Morgan fingerprint density at radius 1 is 1.08 bits per heavy atom. The van der Waals surface area contributed by atoms with Gasteiger partial charge in [0.05, 0.1) is 23.5 Å². The van der Waals surface area contributed by atoms with Crippen molar-refractivity contribution in [1.29, 1.82) is 0 Å². The zero-order chi connectivity index (χ0) is 18.2. The molecule has 1 aliphatic carbocycles. The highest BCUT2D eigenvalue weighted by molar-refractivity contribution is 6.43. The second kappa shape index (κ2) is 10.0. The van der Waals surface area contributed by atoms with Crippen LogP contribution < -0.4 is 4.74 Å². The standard InChI is InChI=1S/C19H24Cl2O4/c1-2-3-6-12-24-18(22)13-8-4-5-9-14(13)19(23)25-16-11-7-10-15(20)17(16)21/h7,10-11,13-14H,2-6,8-9,12H2,1H3. The second-order valence-electron chi connectivity index (χ2n) is 6.35. The lowest BCUT2D eigenvalue weighted by Gasteiger charge is -2.28. The first-order valence-electron chi connectivity index (χ1n) is 8.87. The van der Waals surface area contributed by atoms with E-state index in [-0.39, 0.29) is 16.7 Å². The summed E-state index contributed by atoms with van der Waals surface area (Å²) in [5.41, 5.74) is 0. The zero-order valence-corrected chi connectivity index (χ0v) is 15.9. The summed E-state index contributed by atoms with van der Waals surface area (Å²) in [5, 5.41) is 0.523. The molecule has 2 unspecified atom stereocenters. The minimum atomic E-state index is -0.498. The van der Waals surface area contributed by atoms with Gasteiger partial charge in [0.15, 0.2) is 5.75 Å². The van der Waals surface area contributed by atoms with Gasteiger partial charge in [0.1, 0.15) is 5.02 Å². The molecule has 1 saturated carbocycles. The number of esters is 2. The van der Waals surface area contributed by atoms with Gasteiger partial charge < -0.3 is 9.47 Å². The summed E-state index contributed by atoms with van der Waals surface area (Å²) in [7, 11) is 0. The van der Waals surface area contributed by atoms with Crippen LogP contribution >= 0.6 is 23.2 Å². The number of hydrogen-bond acceptors (Lipinski definition) is 4. The highest BCUT2D eigenvalue weighted by Gasteiger charge is 2.38. The van der Waals surface area contributed by atoms with Crippen molar-refractivity contribution in [3.05, 3.63) is 28.2 Å². The van der Waals surface area contributed by atoms with Crippen molar-refractivity contribution in [2.45, 2.75) is 51.9 Å². The van der Waals surface area contributed by atoms with Crippen molar-refractivity contribution in [3.8, 4) is 5.75 Å². The molecule has 1 aromatic carbocycles. The van der Waals surface area contributed by atoms with E-state index in [0.717, 1.165) is 32.1 Å². The topological polar surface area (TPSA) is 52.6 Å². The number of carbonyl (C=O) groups excluding carboxylic acids is 2. The highest BCUT2D eigenvalue weighted by atomic mass is 35.5. The molecule has 1 fully saturated rings. The number of halogens is 2. The first-order chi connectivity index (χ1) is 12.0. The second-order valence-corrected chi connectivity index (χ2v) is 7.13. The maximum absolute atomic E-state index is 12.6. The van der Waals surface area contributed by atoms with Gasteiger partial charge in [-0.1, -0.05) is 61.9 Å². The van der Waals surface area contributed by atoms with Gasteiger partial charge in [-0.25, -0.2) is 0 Å². The average molecular weight is 387 g/mol. The summed E-state index contributed by atoms with van der Waals surface area (Å²) in [6, 6.07) is 4.88. The van der Waals surface area contributed by atoms with Crippen molar-refractivity contribution < 1.29 is 19.1 Å². The van der Waals surface area contributed by atoms with Crippen LogP contribution in [0.3, 0.4) is 0 Å². The predicted molar refractivity (Wildman–Crippen MR) is 98.0 cm³/mol. The fourth-order valence-electron chi connectivity index (χ4n) is 3.07. The third-order valence-electron chi connectivity index (χ3n) is 4.49. The van der Waals surface area contributed by atoms with Gasteiger partial charge in [-0.3, -0.25) is 9.59 Å². The quantitative estimate of drug-likeness (QED) is 0.355. The molecule has 6 heteroatoms. The number of carbonyl (C=O) groups is 2.